The molecule has 0 unspecified atom stereocenters. The van der Waals surface area contributed by atoms with E-state index in [0.717, 1.165) is 22.3 Å². The number of hydrogen-bond donors (Lipinski definition) is 1. The number of aryl methyl sites for hydroxylation is 1. The van der Waals surface area contributed by atoms with Gasteiger partial charge in [-0.25, -0.2) is 0 Å². The highest BCUT2D eigenvalue weighted by Gasteiger charge is 2.12. The third-order valence-corrected chi connectivity index (χ3v) is 3.84. The van der Waals surface area contributed by atoms with Crippen LogP contribution in [0.15, 0.2) is 59.8 Å². The van der Waals surface area contributed by atoms with Crippen molar-refractivity contribution in [2.75, 3.05) is 7.05 Å². The van der Waals surface area contributed by atoms with Crippen molar-refractivity contribution in [2.24, 2.45) is 7.05 Å². The minimum Gasteiger partial charge on any atom is -0.358 e. The zero-order valence-corrected chi connectivity index (χ0v) is 13.6. The first-order chi connectivity index (χ1) is 11.6. The van der Waals surface area contributed by atoms with Gasteiger partial charge in [0.25, 0.3) is 5.56 Å². The first-order valence-electron chi connectivity index (χ1n) is 7.58. The maximum absolute atomic E-state index is 12.1. The summed E-state index contributed by atoms with van der Waals surface area (Å²) in [5.74, 6) is -0.117. The molecule has 6 heteroatoms. The van der Waals surface area contributed by atoms with Crippen molar-refractivity contribution in [3.8, 4) is 22.3 Å². The van der Waals surface area contributed by atoms with Gasteiger partial charge in [0.15, 0.2) is 0 Å². The van der Waals surface area contributed by atoms with E-state index in [9.17, 15) is 9.59 Å². The Morgan fingerprint density at radius 2 is 1.88 bits per heavy atom. The molecule has 6 nitrogen and oxygen atoms in total. The van der Waals surface area contributed by atoms with E-state index in [4.69, 9.17) is 0 Å². The van der Waals surface area contributed by atoms with Crippen molar-refractivity contribution >= 4 is 5.91 Å². The van der Waals surface area contributed by atoms with Crippen LogP contribution in [0.25, 0.3) is 22.3 Å². The fraction of sp³-hybridized carbons (Fsp3) is 0.167. The monoisotopic (exact) mass is 322 g/mol. The van der Waals surface area contributed by atoms with E-state index in [1.807, 2.05) is 36.5 Å². The number of carbonyl (C=O) groups excluding carboxylic acids is 1. The van der Waals surface area contributed by atoms with Gasteiger partial charge in [-0.2, -0.15) is 5.10 Å². The number of amides is 1. The number of likely N-dealkylation sites (N-methyl/N-ethyl adjacent to an activating group) is 1. The number of nitrogens with one attached hydrogen (secondary N) is 1. The molecule has 3 rings (SSSR count). The standard InChI is InChI=1S/C18H18N4O2/c1-19-17(23)12-22-10-14(9-20-22)16-11-21(2)18(24)8-15(16)13-6-4-3-5-7-13/h3-11H,12H2,1-2H3,(H,19,23). The second kappa shape index (κ2) is 6.54. The van der Waals surface area contributed by atoms with Gasteiger partial charge in [-0.3, -0.25) is 14.3 Å². The van der Waals surface area contributed by atoms with Crippen molar-refractivity contribution in [1.29, 1.82) is 0 Å². The Balaban J connectivity index is 2.09. The molecule has 0 saturated heterocycles. The molecule has 0 radical (unpaired) electrons. The van der Waals surface area contributed by atoms with Crippen LogP contribution in [-0.4, -0.2) is 27.3 Å². The van der Waals surface area contributed by atoms with Crippen molar-refractivity contribution in [2.45, 2.75) is 6.54 Å². The lowest BCUT2D eigenvalue weighted by Crippen LogP contribution is -2.23. The molecule has 1 N–H and O–H groups in total. The molecule has 0 aliphatic rings. The minimum atomic E-state index is -0.117. The highest BCUT2D eigenvalue weighted by molar-refractivity contribution is 5.82. The molecule has 24 heavy (non-hydrogen) atoms. The number of pyridine rings is 1. The van der Waals surface area contributed by atoms with E-state index >= 15 is 0 Å². The van der Waals surface area contributed by atoms with Crippen LogP contribution in [0.5, 0.6) is 0 Å². The molecule has 0 aliphatic carbocycles. The summed E-state index contributed by atoms with van der Waals surface area (Å²) in [7, 11) is 3.31. The average Bonchev–Trinajstić information content (AvgIpc) is 3.05. The molecule has 3 aromatic rings. The van der Waals surface area contributed by atoms with Gasteiger partial charge in [0.2, 0.25) is 5.91 Å². The lowest BCUT2D eigenvalue weighted by atomic mass is 9.98. The van der Waals surface area contributed by atoms with Gasteiger partial charge in [-0.15, -0.1) is 0 Å². The topological polar surface area (TPSA) is 68.9 Å². The summed E-state index contributed by atoms with van der Waals surface area (Å²) in [5, 5.41) is 6.81. The van der Waals surface area contributed by atoms with Gasteiger partial charge in [-0.1, -0.05) is 30.3 Å². The van der Waals surface area contributed by atoms with Gasteiger partial charge in [0.05, 0.1) is 6.20 Å². The molecule has 0 aliphatic heterocycles. The number of benzene rings is 1. The molecule has 2 aromatic heterocycles. The second-order valence-corrected chi connectivity index (χ2v) is 5.52. The van der Waals surface area contributed by atoms with E-state index in [-0.39, 0.29) is 18.0 Å². The highest BCUT2D eigenvalue weighted by Crippen LogP contribution is 2.30. The Morgan fingerprint density at radius 1 is 1.12 bits per heavy atom. The largest absolute Gasteiger partial charge is 0.358 e. The quantitative estimate of drug-likeness (QED) is 0.794. The highest BCUT2D eigenvalue weighted by atomic mass is 16.2. The average molecular weight is 322 g/mol. The number of aromatic nitrogens is 3. The summed E-state index contributed by atoms with van der Waals surface area (Å²) in [6.07, 6.45) is 5.31. The van der Waals surface area contributed by atoms with Gasteiger partial charge in [0.1, 0.15) is 6.54 Å². The summed E-state index contributed by atoms with van der Waals surface area (Å²) in [6, 6.07) is 11.4. The van der Waals surface area contributed by atoms with Crippen LogP contribution in [0.4, 0.5) is 0 Å². The Hall–Kier alpha value is -3.15. The Kier molecular flexibility index (Phi) is 4.29. The van der Waals surface area contributed by atoms with Crippen molar-refractivity contribution in [3.63, 3.8) is 0 Å². The van der Waals surface area contributed by atoms with E-state index in [1.165, 1.54) is 4.57 Å². The molecule has 0 atom stereocenters. The van der Waals surface area contributed by atoms with Crippen LogP contribution in [0, 0.1) is 0 Å². The molecule has 122 valence electrons. The summed E-state index contributed by atoms with van der Waals surface area (Å²) in [6.45, 7) is 0.156. The molecule has 0 bridgehead atoms. The van der Waals surface area contributed by atoms with Crippen LogP contribution >= 0.6 is 0 Å². The molecule has 1 amide bonds. The molecule has 0 saturated carbocycles. The van der Waals surface area contributed by atoms with Crippen molar-refractivity contribution in [3.05, 3.63) is 65.3 Å². The lowest BCUT2D eigenvalue weighted by molar-refractivity contribution is -0.121. The normalized spacial score (nSPS) is 10.6. The lowest BCUT2D eigenvalue weighted by Gasteiger charge is -2.10. The van der Waals surface area contributed by atoms with Crippen LogP contribution in [0.1, 0.15) is 0 Å². The first-order valence-corrected chi connectivity index (χ1v) is 7.58. The fourth-order valence-corrected chi connectivity index (χ4v) is 2.53. The number of carbonyl (C=O) groups is 1. The molecular weight excluding hydrogens is 304 g/mol. The van der Waals surface area contributed by atoms with E-state index in [2.05, 4.69) is 10.4 Å². The Labute approximate surface area is 139 Å². The minimum absolute atomic E-state index is 0.0737. The third-order valence-electron chi connectivity index (χ3n) is 3.84. The fourth-order valence-electron chi connectivity index (χ4n) is 2.53. The van der Waals surface area contributed by atoms with E-state index in [0.29, 0.717) is 0 Å². The predicted molar refractivity (Wildman–Crippen MR) is 92.4 cm³/mol. The first kappa shape index (κ1) is 15.7. The predicted octanol–water partition coefficient (Wildman–Crippen LogP) is 1.66. The third kappa shape index (κ3) is 3.12. The van der Waals surface area contributed by atoms with Crippen molar-refractivity contribution in [1.82, 2.24) is 19.7 Å². The van der Waals surface area contributed by atoms with Crippen LogP contribution in [0.2, 0.25) is 0 Å². The summed E-state index contributed by atoms with van der Waals surface area (Å²) in [4.78, 5) is 23.6. The van der Waals surface area contributed by atoms with Gasteiger partial charge in [0, 0.05) is 43.7 Å². The zero-order chi connectivity index (χ0) is 17.1. The number of nitrogens with zero attached hydrogens (tertiary/aromatic N) is 3. The molecule has 1 aromatic carbocycles. The molecule has 2 heterocycles. The Bertz CT molecular complexity index is 926. The summed E-state index contributed by atoms with van der Waals surface area (Å²) in [5.41, 5.74) is 3.48. The van der Waals surface area contributed by atoms with Crippen molar-refractivity contribution < 1.29 is 4.79 Å². The molecule has 0 spiro atoms. The van der Waals surface area contributed by atoms with Gasteiger partial charge >= 0.3 is 0 Å². The van der Waals surface area contributed by atoms with E-state index in [1.54, 1.807) is 37.2 Å². The maximum Gasteiger partial charge on any atom is 0.250 e. The van der Waals surface area contributed by atoms with Crippen LogP contribution < -0.4 is 10.9 Å². The smallest absolute Gasteiger partial charge is 0.250 e. The van der Waals surface area contributed by atoms with Crippen LogP contribution in [0.3, 0.4) is 0 Å². The second-order valence-electron chi connectivity index (χ2n) is 5.52. The number of hydrogen-bond acceptors (Lipinski definition) is 3. The van der Waals surface area contributed by atoms with E-state index < -0.39 is 0 Å². The molecule has 0 fully saturated rings. The zero-order valence-electron chi connectivity index (χ0n) is 13.6. The number of rotatable bonds is 4. The van der Waals surface area contributed by atoms with Gasteiger partial charge < -0.3 is 9.88 Å². The summed E-state index contributed by atoms with van der Waals surface area (Å²) >= 11 is 0. The summed E-state index contributed by atoms with van der Waals surface area (Å²) < 4.78 is 3.12. The van der Waals surface area contributed by atoms with Crippen LogP contribution in [-0.2, 0) is 18.4 Å². The molecular formula is C18H18N4O2. The SMILES string of the molecule is CNC(=O)Cn1cc(-c2cn(C)c(=O)cc2-c2ccccc2)cn1. The maximum atomic E-state index is 12.1. The van der Waals surface area contributed by atoms with Gasteiger partial charge in [-0.05, 0) is 11.1 Å². The Morgan fingerprint density at radius 3 is 2.58 bits per heavy atom.